The first-order chi connectivity index (χ1) is 15.4. The minimum Gasteiger partial charge on any atom is -0.345 e. The smallest absolute Gasteiger partial charge is 0.268 e. The monoisotopic (exact) mass is 436 g/mol. The van der Waals surface area contributed by atoms with Crippen LogP contribution in [0.3, 0.4) is 0 Å². The number of benzene rings is 1. The second kappa shape index (κ2) is 8.55. The molecule has 0 spiro atoms. The Morgan fingerprint density at radius 2 is 2.19 bits per heavy atom. The molecule has 162 valence electrons. The van der Waals surface area contributed by atoms with E-state index in [-0.39, 0.29) is 5.56 Å². The molecule has 1 aliphatic rings. The summed E-state index contributed by atoms with van der Waals surface area (Å²) < 4.78 is 27.1. The molecule has 3 aromatic rings. The van der Waals surface area contributed by atoms with Crippen LogP contribution in [0.1, 0.15) is 27.9 Å². The van der Waals surface area contributed by atoms with Gasteiger partial charge in [0.15, 0.2) is 0 Å². The number of likely N-dealkylation sites (tertiary alicyclic amines) is 1. The van der Waals surface area contributed by atoms with E-state index in [4.69, 9.17) is 5.26 Å². The molecule has 1 fully saturated rings. The van der Waals surface area contributed by atoms with Crippen LogP contribution in [0.25, 0.3) is 23.2 Å². The molecule has 2 aromatic heterocycles. The van der Waals surface area contributed by atoms with Crippen molar-refractivity contribution in [3.8, 4) is 6.07 Å². The van der Waals surface area contributed by atoms with Crippen molar-refractivity contribution in [2.24, 2.45) is 0 Å². The molecular weight excluding hydrogens is 418 g/mol. The number of imidazole rings is 1. The zero-order valence-electron chi connectivity index (χ0n) is 16.8. The highest BCUT2D eigenvalue weighted by atomic mass is 19.3. The summed E-state index contributed by atoms with van der Waals surface area (Å²) in [5.74, 6) is -4.40. The first-order valence-electron chi connectivity index (χ1n) is 9.77. The molecule has 1 saturated heterocycles. The summed E-state index contributed by atoms with van der Waals surface area (Å²) in [6.45, 7) is -1.32. The molecule has 10 heteroatoms. The number of nitriles is 1. The van der Waals surface area contributed by atoms with E-state index in [1.165, 1.54) is 18.5 Å². The maximum Gasteiger partial charge on any atom is 0.268 e. The third-order valence-corrected chi connectivity index (χ3v) is 5.14. The Morgan fingerprint density at radius 1 is 1.34 bits per heavy atom. The second-order valence-electron chi connectivity index (χ2n) is 7.38. The van der Waals surface area contributed by atoms with E-state index in [0.29, 0.717) is 5.56 Å². The lowest BCUT2D eigenvalue weighted by Crippen LogP contribution is -2.43. The van der Waals surface area contributed by atoms with Gasteiger partial charge in [0.05, 0.1) is 36.5 Å². The minimum absolute atomic E-state index is 0.272. The van der Waals surface area contributed by atoms with Crippen molar-refractivity contribution in [3.05, 3.63) is 59.7 Å². The minimum atomic E-state index is -3.11. The second-order valence-corrected chi connectivity index (χ2v) is 7.38. The van der Waals surface area contributed by atoms with Gasteiger partial charge in [-0.1, -0.05) is 18.2 Å². The molecule has 4 rings (SSSR count). The van der Waals surface area contributed by atoms with E-state index >= 15 is 0 Å². The number of hydrogen-bond donors (Lipinski definition) is 2. The average Bonchev–Trinajstić information content (AvgIpc) is 3.38. The van der Waals surface area contributed by atoms with Crippen LogP contribution < -0.4 is 5.32 Å². The number of carbonyl (C=O) groups excluding carboxylic acids is 2. The Kier molecular flexibility index (Phi) is 5.64. The number of H-pyrrole nitrogens is 1. The quantitative estimate of drug-likeness (QED) is 0.638. The van der Waals surface area contributed by atoms with Gasteiger partial charge >= 0.3 is 0 Å². The third-order valence-electron chi connectivity index (χ3n) is 5.14. The zero-order chi connectivity index (χ0) is 22.7. The Hall–Kier alpha value is -4.13. The Balaban J connectivity index is 1.44. The normalized spacial score (nSPS) is 17.5. The SMILES string of the molecule is N#CC1CC(F)(F)CN1C(=O)CNC(=O)c1ccncc1/C=C/c1ccc2[nH]cnc2c1. The van der Waals surface area contributed by atoms with Crippen LogP contribution in [0.5, 0.6) is 0 Å². The lowest BCUT2D eigenvalue weighted by molar-refractivity contribution is -0.131. The number of alkyl halides is 2. The molecule has 0 radical (unpaired) electrons. The van der Waals surface area contributed by atoms with Gasteiger partial charge in [0.25, 0.3) is 11.8 Å². The van der Waals surface area contributed by atoms with Crippen LogP contribution in [0, 0.1) is 11.3 Å². The van der Waals surface area contributed by atoms with Crippen molar-refractivity contribution in [3.63, 3.8) is 0 Å². The average molecular weight is 436 g/mol. The molecule has 0 saturated carbocycles. The molecule has 0 bridgehead atoms. The summed E-state index contributed by atoms with van der Waals surface area (Å²) in [5.41, 5.74) is 3.36. The van der Waals surface area contributed by atoms with Gasteiger partial charge in [-0.2, -0.15) is 5.26 Å². The predicted molar refractivity (Wildman–Crippen MR) is 112 cm³/mol. The van der Waals surface area contributed by atoms with Crippen molar-refractivity contribution < 1.29 is 18.4 Å². The number of nitrogens with zero attached hydrogens (tertiary/aromatic N) is 4. The van der Waals surface area contributed by atoms with Crippen LogP contribution in [-0.2, 0) is 4.79 Å². The van der Waals surface area contributed by atoms with Gasteiger partial charge in [-0.3, -0.25) is 14.6 Å². The van der Waals surface area contributed by atoms with E-state index in [1.807, 2.05) is 18.2 Å². The van der Waals surface area contributed by atoms with E-state index in [9.17, 15) is 18.4 Å². The number of aromatic nitrogens is 3. The number of nitrogens with one attached hydrogen (secondary N) is 2. The number of fused-ring (bicyclic) bond motifs is 1. The van der Waals surface area contributed by atoms with Gasteiger partial charge in [0.2, 0.25) is 5.91 Å². The largest absolute Gasteiger partial charge is 0.345 e. The highest BCUT2D eigenvalue weighted by molar-refractivity contribution is 6.00. The number of amides is 2. The topological polar surface area (TPSA) is 115 Å². The van der Waals surface area contributed by atoms with Crippen molar-refractivity contribution in [1.29, 1.82) is 5.26 Å². The molecule has 32 heavy (non-hydrogen) atoms. The summed E-state index contributed by atoms with van der Waals surface area (Å²) in [5, 5.41) is 11.5. The molecule has 2 N–H and O–H groups in total. The fourth-order valence-corrected chi connectivity index (χ4v) is 3.53. The Bertz CT molecular complexity index is 1250. The molecule has 0 aliphatic carbocycles. The molecular formula is C22H18F2N6O2. The summed E-state index contributed by atoms with van der Waals surface area (Å²) in [6.07, 6.45) is 7.36. The molecule has 3 heterocycles. The molecule has 1 unspecified atom stereocenters. The first kappa shape index (κ1) is 21.1. The number of pyridine rings is 1. The van der Waals surface area contributed by atoms with Crippen molar-refractivity contribution in [2.75, 3.05) is 13.1 Å². The van der Waals surface area contributed by atoms with Gasteiger partial charge in [0.1, 0.15) is 6.04 Å². The molecule has 1 atom stereocenters. The van der Waals surface area contributed by atoms with Crippen LogP contribution >= 0.6 is 0 Å². The number of halogens is 2. The fourth-order valence-electron chi connectivity index (χ4n) is 3.53. The van der Waals surface area contributed by atoms with Gasteiger partial charge in [-0.05, 0) is 23.8 Å². The van der Waals surface area contributed by atoms with Crippen LogP contribution in [0.4, 0.5) is 8.78 Å². The molecule has 8 nitrogen and oxygen atoms in total. The maximum atomic E-state index is 13.5. The van der Waals surface area contributed by atoms with Gasteiger partial charge in [0, 0.05) is 29.9 Å². The molecule has 1 aliphatic heterocycles. The zero-order valence-corrected chi connectivity index (χ0v) is 16.8. The van der Waals surface area contributed by atoms with E-state index in [2.05, 4.69) is 20.3 Å². The van der Waals surface area contributed by atoms with Gasteiger partial charge in [-0.15, -0.1) is 0 Å². The van der Waals surface area contributed by atoms with Crippen molar-refractivity contribution >= 4 is 35.0 Å². The van der Waals surface area contributed by atoms with E-state index < -0.39 is 43.3 Å². The van der Waals surface area contributed by atoms with Crippen molar-refractivity contribution in [2.45, 2.75) is 18.4 Å². The Morgan fingerprint density at radius 3 is 3.00 bits per heavy atom. The maximum absolute atomic E-state index is 13.5. The fraction of sp³-hybridized carbons (Fsp3) is 0.227. The summed E-state index contributed by atoms with van der Waals surface area (Å²) >= 11 is 0. The summed E-state index contributed by atoms with van der Waals surface area (Å²) in [6, 6.07) is 7.67. The van der Waals surface area contributed by atoms with Crippen LogP contribution in [0.2, 0.25) is 0 Å². The lowest BCUT2D eigenvalue weighted by Gasteiger charge is -2.19. The standard InChI is InChI=1S/C22H18F2N6O2/c23-22(24)8-16(9-25)30(12-22)20(31)11-27-21(32)17-5-6-26-10-15(17)3-1-14-2-4-18-19(7-14)29-13-28-18/h1-7,10,13,16H,8,11-12H2,(H,27,32)(H,28,29)/b3-1+. The lowest BCUT2D eigenvalue weighted by atomic mass is 10.1. The third kappa shape index (κ3) is 4.46. The predicted octanol–water partition coefficient (Wildman–Crippen LogP) is 2.62. The number of rotatable bonds is 5. The highest BCUT2D eigenvalue weighted by Gasteiger charge is 2.47. The number of hydrogen-bond acceptors (Lipinski definition) is 5. The first-order valence-corrected chi connectivity index (χ1v) is 9.77. The van der Waals surface area contributed by atoms with Crippen LogP contribution in [0.15, 0.2) is 43.0 Å². The number of carbonyl (C=O) groups is 2. The number of aromatic amines is 1. The van der Waals surface area contributed by atoms with E-state index in [1.54, 1.807) is 24.5 Å². The Labute approximate surface area is 181 Å². The van der Waals surface area contributed by atoms with Gasteiger partial charge in [-0.25, -0.2) is 13.8 Å². The van der Waals surface area contributed by atoms with Crippen molar-refractivity contribution in [1.82, 2.24) is 25.2 Å². The van der Waals surface area contributed by atoms with E-state index in [0.717, 1.165) is 21.5 Å². The summed E-state index contributed by atoms with van der Waals surface area (Å²) in [4.78, 5) is 37.0. The van der Waals surface area contributed by atoms with Gasteiger partial charge < -0.3 is 15.2 Å². The summed E-state index contributed by atoms with van der Waals surface area (Å²) in [7, 11) is 0. The molecule has 2 amide bonds. The van der Waals surface area contributed by atoms with Crippen LogP contribution in [-0.4, -0.2) is 56.7 Å². The molecule has 1 aromatic carbocycles. The highest BCUT2D eigenvalue weighted by Crippen LogP contribution is 2.31.